The van der Waals surface area contributed by atoms with Crippen LogP contribution in [0.4, 0.5) is 17.3 Å². The van der Waals surface area contributed by atoms with Crippen molar-refractivity contribution >= 4 is 37.5 Å². The maximum absolute atomic E-state index is 12.6. The minimum absolute atomic E-state index is 0.0961. The van der Waals surface area contributed by atoms with Gasteiger partial charge in [0.05, 0.1) is 19.2 Å². The molecular weight excluding hydrogens is 406 g/mol. The second-order valence-electron chi connectivity index (χ2n) is 7.39. The lowest BCUT2D eigenvalue weighted by Crippen LogP contribution is -2.17. The molecule has 9 heteroatoms. The smallest absolute Gasteiger partial charge is 0.231 e. The van der Waals surface area contributed by atoms with Crippen LogP contribution < -0.4 is 10.6 Å². The second kappa shape index (κ2) is 10.7. The molecular formula is C20H32N4O3P2. The SMILES string of the molecule is CC.Cc1ccnc(Nc2cc(NC(=O)CP(C)(=O)CP(C)(C)=O)ccc2C)n1. The van der Waals surface area contributed by atoms with Gasteiger partial charge in [0.25, 0.3) is 0 Å². The summed E-state index contributed by atoms with van der Waals surface area (Å²) in [5, 5.41) is 5.91. The van der Waals surface area contributed by atoms with E-state index in [1.807, 2.05) is 39.8 Å². The number of aryl methyl sites for hydroxylation is 2. The Bertz CT molecular complexity index is 941. The lowest BCUT2D eigenvalue weighted by molar-refractivity contribution is -0.113. The Balaban J connectivity index is 0.00000204. The normalized spacial score (nSPS) is 12.9. The van der Waals surface area contributed by atoms with Crippen molar-refractivity contribution in [3.63, 3.8) is 0 Å². The molecule has 2 N–H and O–H groups in total. The molecule has 2 rings (SSSR count). The van der Waals surface area contributed by atoms with Gasteiger partial charge < -0.3 is 19.8 Å². The van der Waals surface area contributed by atoms with Crippen LogP contribution in [-0.4, -0.2) is 47.9 Å². The number of rotatable bonds is 7. The summed E-state index contributed by atoms with van der Waals surface area (Å²) in [6, 6.07) is 7.24. The fourth-order valence-corrected chi connectivity index (χ4v) is 9.59. The number of nitrogens with one attached hydrogen (secondary N) is 2. The summed E-state index contributed by atoms with van der Waals surface area (Å²) >= 11 is 0. The van der Waals surface area contributed by atoms with Crippen molar-refractivity contribution < 1.29 is 13.9 Å². The highest BCUT2D eigenvalue weighted by molar-refractivity contribution is 7.80. The Morgan fingerprint density at radius 1 is 1.07 bits per heavy atom. The zero-order chi connectivity index (χ0) is 22.2. The van der Waals surface area contributed by atoms with Crippen LogP contribution >= 0.6 is 14.3 Å². The van der Waals surface area contributed by atoms with E-state index in [2.05, 4.69) is 20.6 Å². The molecule has 0 aliphatic heterocycles. The summed E-state index contributed by atoms with van der Waals surface area (Å²) < 4.78 is 24.5. The number of nitrogens with zero attached hydrogens (tertiary/aromatic N) is 2. The van der Waals surface area contributed by atoms with E-state index in [1.165, 1.54) is 6.66 Å². The molecule has 1 heterocycles. The van der Waals surface area contributed by atoms with Crippen molar-refractivity contribution in [2.75, 3.05) is 42.7 Å². The fraction of sp³-hybridized carbons (Fsp3) is 0.450. The molecule has 1 unspecified atom stereocenters. The molecule has 7 nitrogen and oxygen atoms in total. The van der Waals surface area contributed by atoms with Crippen LogP contribution in [-0.2, 0) is 13.9 Å². The van der Waals surface area contributed by atoms with Gasteiger partial charge in [-0.15, -0.1) is 0 Å². The van der Waals surface area contributed by atoms with Gasteiger partial charge in [0.15, 0.2) is 0 Å². The zero-order valence-electron chi connectivity index (χ0n) is 18.3. The highest BCUT2D eigenvalue weighted by Crippen LogP contribution is 2.55. The molecule has 0 saturated carbocycles. The van der Waals surface area contributed by atoms with Gasteiger partial charge >= 0.3 is 0 Å². The van der Waals surface area contributed by atoms with Gasteiger partial charge in [0.1, 0.15) is 7.14 Å². The molecule has 0 bridgehead atoms. The minimum atomic E-state index is -2.80. The topological polar surface area (TPSA) is 101 Å². The van der Waals surface area contributed by atoms with Crippen LogP contribution in [0.15, 0.2) is 30.5 Å². The van der Waals surface area contributed by atoms with Crippen LogP contribution in [0.5, 0.6) is 0 Å². The van der Waals surface area contributed by atoms with Crippen molar-refractivity contribution in [3.8, 4) is 0 Å². The van der Waals surface area contributed by atoms with E-state index in [0.29, 0.717) is 11.6 Å². The van der Waals surface area contributed by atoms with E-state index in [1.54, 1.807) is 31.7 Å². The third-order valence-electron chi connectivity index (χ3n) is 3.68. The number of benzene rings is 1. The molecule has 1 amide bonds. The lowest BCUT2D eigenvalue weighted by Gasteiger charge is -2.16. The molecule has 29 heavy (non-hydrogen) atoms. The third kappa shape index (κ3) is 9.38. The quantitative estimate of drug-likeness (QED) is 0.563. The molecule has 0 aliphatic rings. The van der Waals surface area contributed by atoms with Gasteiger partial charge in [-0.05, 0) is 57.6 Å². The van der Waals surface area contributed by atoms with Crippen LogP contribution in [0.1, 0.15) is 25.1 Å². The van der Waals surface area contributed by atoms with Gasteiger partial charge in [-0.2, -0.15) is 0 Å². The summed E-state index contributed by atoms with van der Waals surface area (Å²) in [4.78, 5) is 20.8. The van der Waals surface area contributed by atoms with Gasteiger partial charge in [-0.1, -0.05) is 19.9 Å². The van der Waals surface area contributed by atoms with Crippen LogP contribution in [0.2, 0.25) is 0 Å². The maximum Gasteiger partial charge on any atom is 0.231 e. The van der Waals surface area contributed by atoms with E-state index in [0.717, 1.165) is 16.9 Å². The predicted molar refractivity (Wildman–Crippen MR) is 124 cm³/mol. The van der Waals surface area contributed by atoms with E-state index in [9.17, 15) is 13.9 Å². The highest BCUT2D eigenvalue weighted by Gasteiger charge is 2.26. The van der Waals surface area contributed by atoms with Gasteiger partial charge in [0.2, 0.25) is 11.9 Å². The van der Waals surface area contributed by atoms with Crippen LogP contribution in [0, 0.1) is 13.8 Å². The number of carbonyl (C=O) groups excluding carboxylic acids is 1. The first-order valence-corrected chi connectivity index (χ1v) is 14.8. The summed E-state index contributed by atoms with van der Waals surface area (Å²) in [5.74, 6) is 0.218. The summed E-state index contributed by atoms with van der Waals surface area (Å²) in [6.07, 6.45) is 1.54. The molecule has 0 radical (unpaired) electrons. The third-order valence-corrected chi connectivity index (χ3v) is 9.75. The molecule has 1 aromatic carbocycles. The summed E-state index contributed by atoms with van der Waals surface area (Å²) in [6.45, 7) is 12.5. The molecule has 2 aromatic rings. The first-order valence-electron chi connectivity index (χ1n) is 9.50. The monoisotopic (exact) mass is 438 g/mol. The zero-order valence-corrected chi connectivity index (χ0v) is 20.1. The van der Waals surface area contributed by atoms with Crippen LogP contribution in [0.25, 0.3) is 0 Å². The average molecular weight is 438 g/mol. The number of aromatic nitrogens is 2. The molecule has 0 fully saturated rings. The number of carbonyl (C=O) groups is 1. The van der Waals surface area contributed by atoms with E-state index >= 15 is 0 Å². The average Bonchev–Trinajstić information content (AvgIpc) is 2.57. The van der Waals surface area contributed by atoms with Crippen molar-refractivity contribution in [1.29, 1.82) is 0 Å². The molecule has 0 saturated heterocycles. The minimum Gasteiger partial charge on any atom is -0.326 e. The molecule has 0 spiro atoms. The lowest BCUT2D eigenvalue weighted by atomic mass is 10.2. The Kier molecular flexibility index (Phi) is 9.25. The van der Waals surface area contributed by atoms with Gasteiger partial charge in [0, 0.05) is 23.3 Å². The predicted octanol–water partition coefficient (Wildman–Crippen LogP) is 5.37. The van der Waals surface area contributed by atoms with Crippen molar-refractivity contribution in [1.82, 2.24) is 9.97 Å². The Morgan fingerprint density at radius 2 is 1.72 bits per heavy atom. The van der Waals surface area contributed by atoms with E-state index in [-0.39, 0.29) is 18.0 Å². The van der Waals surface area contributed by atoms with E-state index in [4.69, 9.17) is 0 Å². The number of hydrogen-bond acceptors (Lipinski definition) is 6. The molecule has 160 valence electrons. The van der Waals surface area contributed by atoms with Gasteiger partial charge in [-0.25, -0.2) is 9.97 Å². The number of anilines is 3. The molecule has 1 aromatic heterocycles. The van der Waals surface area contributed by atoms with Gasteiger partial charge in [-0.3, -0.25) is 4.79 Å². The summed E-state index contributed by atoms with van der Waals surface area (Å²) in [7, 11) is -5.25. The Hall–Kier alpha value is -1.97. The van der Waals surface area contributed by atoms with Crippen molar-refractivity contribution in [3.05, 3.63) is 41.7 Å². The molecule has 0 aliphatic carbocycles. The van der Waals surface area contributed by atoms with Crippen molar-refractivity contribution in [2.24, 2.45) is 0 Å². The van der Waals surface area contributed by atoms with Crippen LogP contribution in [0.3, 0.4) is 0 Å². The van der Waals surface area contributed by atoms with E-state index < -0.39 is 14.3 Å². The van der Waals surface area contributed by atoms with Crippen molar-refractivity contribution in [2.45, 2.75) is 27.7 Å². The second-order valence-corrected chi connectivity index (χ2v) is 14.6. The molecule has 1 atom stereocenters. The number of amides is 1. The largest absolute Gasteiger partial charge is 0.326 e. The number of hydrogen-bond donors (Lipinski definition) is 2. The maximum atomic E-state index is 12.6. The summed E-state index contributed by atoms with van der Waals surface area (Å²) in [5.41, 5.74) is 3.16. The standard InChI is InChI=1S/C18H26N4O3P2.C2H6/c1-13-6-7-15(10-16(13)22-18-19-9-8-14(2)20-18)21-17(23)11-27(5,25)12-26(3,4)24;1-2/h6-10H,11-12H2,1-5H3,(H,21,23)(H,19,20,22);1-2H3. The first kappa shape index (κ1) is 25.1. The fourth-order valence-electron chi connectivity index (χ4n) is 2.74. The Labute approximate surface area is 173 Å². The highest BCUT2D eigenvalue weighted by atomic mass is 31.2. The Morgan fingerprint density at radius 3 is 2.31 bits per heavy atom. The first-order chi connectivity index (χ1) is 13.4.